The van der Waals surface area contributed by atoms with Crippen LogP contribution < -0.4 is 16.3 Å². The Kier molecular flexibility index (Phi) is 5.73. The first kappa shape index (κ1) is 19.0. The number of nitrogens with one attached hydrogen (secondary N) is 2. The quantitative estimate of drug-likeness (QED) is 0.596. The van der Waals surface area contributed by atoms with Crippen molar-refractivity contribution in [3.05, 3.63) is 64.6 Å². The van der Waals surface area contributed by atoms with Crippen molar-refractivity contribution in [3.63, 3.8) is 0 Å². The van der Waals surface area contributed by atoms with Crippen molar-refractivity contribution in [1.82, 2.24) is 29.4 Å². The number of anilines is 1. The summed E-state index contributed by atoms with van der Waals surface area (Å²) >= 11 is 0. The lowest BCUT2D eigenvalue weighted by atomic mass is 10.2. The maximum Gasteiger partial charge on any atom is 0.345 e. The maximum absolute atomic E-state index is 12.3. The third kappa shape index (κ3) is 4.74. The number of rotatable bonds is 7. The van der Waals surface area contributed by atoms with Crippen LogP contribution in [-0.2, 0) is 26.1 Å². The second-order valence-corrected chi connectivity index (χ2v) is 7.17. The van der Waals surface area contributed by atoms with E-state index in [0.717, 1.165) is 42.9 Å². The van der Waals surface area contributed by atoms with Crippen molar-refractivity contribution in [2.75, 3.05) is 11.9 Å². The Labute approximate surface area is 168 Å². The van der Waals surface area contributed by atoms with Gasteiger partial charge in [-0.3, -0.25) is 9.25 Å². The smallest absolute Gasteiger partial charge is 0.338 e. The molecule has 29 heavy (non-hydrogen) atoms. The van der Waals surface area contributed by atoms with Crippen LogP contribution in [0.5, 0.6) is 0 Å². The molecule has 0 spiro atoms. The van der Waals surface area contributed by atoms with E-state index in [2.05, 4.69) is 20.8 Å². The Balaban J connectivity index is 1.23. The highest BCUT2D eigenvalue weighted by Gasteiger charge is 2.16. The van der Waals surface area contributed by atoms with Crippen LogP contribution in [0.3, 0.4) is 0 Å². The Bertz CT molecular complexity index is 1020. The second kappa shape index (κ2) is 8.76. The number of nitrogens with zero attached hydrogens (tertiary/aromatic N) is 5. The van der Waals surface area contributed by atoms with E-state index in [1.54, 1.807) is 10.8 Å². The van der Waals surface area contributed by atoms with Crippen molar-refractivity contribution in [2.45, 2.75) is 45.3 Å². The van der Waals surface area contributed by atoms with Crippen LogP contribution >= 0.6 is 0 Å². The lowest BCUT2D eigenvalue weighted by molar-refractivity contribution is 0.251. The number of hydrogen-bond acceptors (Lipinski definition) is 4. The number of hydrogen-bond donors (Lipinski definition) is 2. The summed E-state index contributed by atoms with van der Waals surface area (Å²) in [7, 11) is 0. The van der Waals surface area contributed by atoms with Crippen molar-refractivity contribution < 1.29 is 4.79 Å². The van der Waals surface area contributed by atoms with E-state index in [4.69, 9.17) is 0 Å². The normalized spacial score (nSPS) is 13.1. The van der Waals surface area contributed by atoms with Gasteiger partial charge in [0.2, 0.25) is 0 Å². The first-order valence-electron chi connectivity index (χ1n) is 9.97. The van der Waals surface area contributed by atoms with Gasteiger partial charge in [-0.15, -0.1) is 0 Å². The third-order valence-electron chi connectivity index (χ3n) is 4.95. The molecule has 1 aliphatic rings. The minimum Gasteiger partial charge on any atom is -0.338 e. The molecule has 0 saturated heterocycles. The number of urea groups is 1. The van der Waals surface area contributed by atoms with Crippen LogP contribution in [0.4, 0.5) is 10.5 Å². The molecule has 2 aromatic heterocycles. The molecule has 0 bridgehead atoms. The monoisotopic (exact) mass is 395 g/mol. The summed E-state index contributed by atoms with van der Waals surface area (Å²) in [4.78, 5) is 24.4. The third-order valence-corrected chi connectivity index (χ3v) is 4.95. The number of benzene rings is 1. The van der Waals surface area contributed by atoms with Gasteiger partial charge in [0, 0.05) is 44.1 Å². The lowest BCUT2D eigenvalue weighted by Crippen LogP contribution is -2.31. The first-order chi connectivity index (χ1) is 14.2. The summed E-state index contributed by atoms with van der Waals surface area (Å²) in [5.74, 6) is 0.877. The standard InChI is InChI=1S/C20H25N7O2/c28-19(23-17-7-3-6-16(14-17)15-25-11-5-10-22-25)21-9-4-13-27-20(29)26-12-2-1-8-18(26)24-27/h3,5-7,10-11,14H,1-2,4,8-9,12-13,15H2,(H2,21,23,28). The topological polar surface area (TPSA) is 98.8 Å². The Hall–Kier alpha value is -3.36. The van der Waals surface area contributed by atoms with Gasteiger partial charge in [-0.2, -0.15) is 10.2 Å². The summed E-state index contributed by atoms with van der Waals surface area (Å²) in [6, 6.07) is 9.28. The largest absolute Gasteiger partial charge is 0.345 e. The number of carbonyl (C=O) groups excluding carboxylic acids is 1. The zero-order valence-electron chi connectivity index (χ0n) is 16.3. The molecular formula is C20H25N7O2. The van der Waals surface area contributed by atoms with E-state index >= 15 is 0 Å². The fourth-order valence-electron chi connectivity index (χ4n) is 3.53. The molecule has 0 aliphatic carbocycles. The van der Waals surface area contributed by atoms with Crippen molar-refractivity contribution in [2.24, 2.45) is 0 Å². The zero-order chi connectivity index (χ0) is 20.1. The molecule has 0 unspecified atom stereocenters. The molecule has 2 amide bonds. The fourth-order valence-corrected chi connectivity index (χ4v) is 3.53. The van der Waals surface area contributed by atoms with E-state index in [0.29, 0.717) is 26.1 Å². The molecular weight excluding hydrogens is 370 g/mol. The van der Waals surface area contributed by atoms with Crippen molar-refractivity contribution >= 4 is 11.7 Å². The Morgan fingerprint density at radius 2 is 2.14 bits per heavy atom. The van der Waals surface area contributed by atoms with E-state index in [1.807, 2.05) is 41.2 Å². The average molecular weight is 395 g/mol. The van der Waals surface area contributed by atoms with Crippen LogP contribution in [0.2, 0.25) is 0 Å². The molecule has 152 valence electrons. The van der Waals surface area contributed by atoms with Gasteiger partial charge in [-0.1, -0.05) is 12.1 Å². The van der Waals surface area contributed by atoms with Crippen LogP contribution in [-0.4, -0.2) is 36.7 Å². The number of fused-ring (bicyclic) bond motifs is 1. The molecule has 0 radical (unpaired) electrons. The minimum atomic E-state index is -0.266. The van der Waals surface area contributed by atoms with Gasteiger partial charge < -0.3 is 10.6 Å². The van der Waals surface area contributed by atoms with E-state index in [1.165, 1.54) is 4.68 Å². The molecule has 0 fully saturated rings. The lowest BCUT2D eigenvalue weighted by Gasteiger charge is -2.09. The molecule has 4 rings (SSSR count). The van der Waals surface area contributed by atoms with Crippen LogP contribution in [0.15, 0.2) is 47.5 Å². The number of aryl methyl sites for hydroxylation is 2. The fraction of sp³-hybridized carbons (Fsp3) is 0.400. The Morgan fingerprint density at radius 3 is 2.97 bits per heavy atom. The number of amides is 2. The summed E-state index contributed by atoms with van der Waals surface area (Å²) in [5, 5.41) is 14.3. The van der Waals surface area contributed by atoms with Gasteiger partial charge in [0.25, 0.3) is 0 Å². The molecule has 3 heterocycles. The van der Waals surface area contributed by atoms with Gasteiger partial charge in [0.1, 0.15) is 5.82 Å². The maximum atomic E-state index is 12.3. The summed E-state index contributed by atoms with van der Waals surface area (Å²) < 4.78 is 5.10. The van der Waals surface area contributed by atoms with Gasteiger partial charge in [0.15, 0.2) is 0 Å². The highest BCUT2D eigenvalue weighted by atomic mass is 16.2. The highest BCUT2D eigenvalue weighted by molar-refractivity contribution is 5.89. The Morgan fingerprint density at radius 1 is 1.21 bits per heavy atom. The van der Waals surface area contributed by atoms with Crippen LogP contribution in [0.25, 0.3) is 0 Å². The summed E-state index contributed by atoms with van der Waals surface area (Å²) in [6.45, 7) is 2.37. The molecule has 9 heteroatoms. The molecule has 9 nitrogen and oxygen atoms in total. The van der Waals surface area contributed by atoms with Crippen LogP contribution in [0, 0.1) is 0 Å². The number of aromatic nitrogens is 5. The molecule has 0 saturated carbocycles. The second-order valence-electron chi connectivity index (χ2n) is 7.17. The molecule has 2 N–H and O–H groups in total. The van der Waals surface area contributed by atoms with Gasteiger partial charge in [-0.05, 0) is 43.0 Å². The van der Waals surface area contributed by atoms with Crippen molar-refractivity contribution in [3.8, 4) is 0 Å². The van der Waals surface area contributed by atoms with Gasteiger partial charge >= 0.3 is 11.7 Å². The zero-order valence-corrected chi connectivity index (χ0v) is 16.3. The number of carbonyl (C=O) groups is 1. The minimum absolute atomic E-state index is 0.0434. The summed E-state index contributed by atoms with van der Waals surface area (Å²) in [6.07, 6.45) is 7.26. The SMILES string of the molecule is O=C(NCCCn1nc2n(c1=O)CCCC2)Nc1cccc(Cn2cccn2)c1. The molecule has 1 aromatic carbocycles. The average Bonchev–Trinajstić information content (AvgIpc) is 3.34. The van der Waals surface area contributed by atoms with Gasteiger partial charge in [0.05, 0.1) is 6.54 Å². The molecule has 1 aliphatic heterocycles. The molecule has 3 aromatic rings. The highest BCUT2D eigenvalue weighted by Crippen LogP contribution is 2.12. The molecule has 0 atom stereocenters. The van der Waals surface area contributed by atoms with E-state index < -0.39 is 0 Å². The van der Waals surface area contributed by atoms with Crippen LogP contribution in [0.1, 0.15) is 30.7 Å². The summed E-state index contributed by atoms with van der Waals surface area (Å²) in [5.41, 5.74) is 1.73. The van der Waals surface area contributed by atoms with Crippen molar-refractivity contribution in [1.29, 1.82) is 0 Å². The first-order valence-corrected chi connectivity index (χ1v) is 9.97. The predicted molar refractivity (Wildman–Crippen MR) is 109 cm³/mol. The van der Waals surface area contributed by atoms with Gasteiger partial charge in [-0.25, -0.2) is 14.3 Å². The van der Waals surface area contributed by atoms with E-state index in [-0.39, 0.29) is 11.7 Å². The predicted octanol–water partition coefficient (Wildman–Crippen LogP) is 1.84. The van der Waals surface area contributed by atoms with E-state index in [9.17, 15) is 9.59 Å².